The van der Waals surface area contributed by atoms with Crippen molar-refractivity contribution in [3.63, 3.8) is 0 Å². The maximum atomic E-state index is 9.60. The zero-order valence-electron chi connectivity index (χ0n) is 6.42. The summed E-state index contributed by atoms with van der Waals surface area (Å²) in [4.78, 5) is 9.60. The Hall–Kier alpha value is -0.0300. The Kier molecular flexibility index (Phi) is 14.8. The van der Waals surface area contributed by atoms with Crippen molar-refractivity contribution in [2.75, 3.05) is 19.1 Å². The van der Waals surface area contributed by atoms with Crippen LogP contribution in [0.25, 0.3) is 0 Å². The summed E-state index contributed by atoms with van der Waals surface area (Å²) in [5, 5.41) is 0. The quantitative estimate of drug-likeness (QED) is 0.662. The molecule has 0 bridgehead atoms. The van der Waals surface area contributed by atoms with E-state index < -0.39 is 6.09 Å². The van der Waals surface area contributed by atoms with E-state index in [4.69, 9.17) is 0 Å². The van der Waals surface area contributed by atoms with E-state index in [2.05, 4.69) is 23.0 Å². The summed E-state index contributed by atoms with van der Waals surface area (Å²) in [6, 6.07) is 0. The first-order valence-electron chi connectivity index (χ1n) is 2.68. The highest BCUT2D eigenvalue weighted by Gasteiger charge is 1.82. The van der Waals surface area contributed by atoms with Crippen molar-refractivity contribution in [2.45, 2.75) is 6.92 Å². The minimum atomic E-state index is -0.711. The van der Waals surface area contributed by atoms with Gasteiger partial charge in [0, 0.05) is 0 Å². The van der Waals surface area contributed by atoms with E-state index in [-0.39, 0.29) is 0 Å². The smallest absolute Gasteiger partial charge is 0.404 e. The highest BCUT2D eigenvalue weighted by atomic mass is 33.1. The normalized spacial score (nSPS) is 7.50. The van der Waals surface area contributed by atoms with Gasteiger partial charge in [-0.25, -0.2) is 4.79 Å². The van der Waals surface area contributed by atoms with Crippen molar-refractivity contribution >= 4 is 27.7 Å². The van der Waals surface area contributed by atoms with Gasteiger partial charge in [0.2, 0.25) is 0 Å². The molecule has 0 fully saturated rings. The van der Waals surface area contributed by atoms with Gasteiger partial charge in [0.25, 0.3) is 0 Å². The molecule has 62 valence electrons. The summed E-state index contributed by atoms with van der Waals surface area (Å²) in [5.74, 6) is 0. The molecule has 1 amide bonds. The van der Waals surface area contributed by atoms with Gasteiger partial charge in [-0.2, -0.15) is 0 Å². The van der Waals surface area contributed by atoms with Gasteiger partial charge in [-0.1, -0.05) is 21.6 Å². The van der Waals surface area contributed by atoms with Crippen LogP contribution in [0.2, 0.25) is 0 Å². The number of carbonyl (C=O) groups is 1. The molecule has 0 aliphatic rings. The molecule has 0 aromatic carbocycles. The lowest BCUT2D eigenvalue weighted by molar-refractivity contribution is 0.163. The van der Waals surface area contributed by atoms with Gasteiger partial charge < -0.3 is 10.5 Å². The van der Waals surface area contributed by atoms with Crippen LogP contribution in [0.15, 0.2) is 0 Å². The summed E-state index contributed by atoms with van der Waals surface area (Å²) >= 11 is 0. The number of ether oxygens (including phenoxy) is 1. The first-order chi connectivity index (χ1) is 4.68. The molecule has 0 heterocycles. The van der Waals surface area contributed by atoms with Crippen LogP contribution in [0.1, 0.15) is 6.92 Å². The Morgan fingerprint density at radius 1 is 1.50 bits per heavy atom. The standard InChI is InChI=1S/C3H7NO2.C2H6S2/c1-2-6-3(4)5;1-3-4-2/h2H2,1H3,(H2,4,5);1-2H3. The number of hydrogen-bond donors (Lipinski definition) is 1. The van der Waals surface area contributed by atoms with Crippen molar-refractivity contribution in [1.29, 1.82) is 0 Å². The highest BCUT2D eigenvalue weighted by Crippen LogP contribution is 2.09. The molecule has 0 radical (unpaired) electrons. The van der Waals surface area contributed by atoms with Gasteiger partial charge in [-0.3, -0.25) is 0 Å². The minimum absolute atomic E-state index is 0.356. The lowest BCUT2D eigenvalue weighted by Crippen LogP contribution is -2.11. The molecular weight excluding hydrogens is 170 g/mol. The average Bonchev–Trinajstić information content (AvgIpc) is 1.89. The zero-order chi connectivity index (χ0) is 8.41. The Morgan fingerprint density at radius 2 is 1.90 bits per heavy atom. The molecule has 0 spiro atoms. The summed E-state index contributed by atoms with van der Waals surface area (Å²) in [7, 11) is 3.55. The van der Waals surface area contributed by atoms with Crippen LogP contribution in [0.5, 0.6) is 0 Å². The van der Waals surface area contributed by atoms with Crippen LogP contribution in [-0.4, -0.2) is 25.2 Å². The molecular formula is C5H13NO2S2. The van der Waals surface area contributed by atoms with Gasteiger partial charge in [0.05, 0.1) is 6.61 Å². The van der Waals surface area contributed by atoms with Crippen LogP contribution in [0.4, 0.5) is 4.79 Å². The van der Waals surface area contributed by atoms with Crippen LogP contribution in [0.3, 0.4) is 0 Å². The van der Waals surface area contributed by atoms with Crippen LogP contribution >= 0.6 is 21.6 Å². The molecule has 0 saturated carbocycles. The number of carbonyl (C=O) groups excluding carboxylic acids is 1. The molecule has 0 unspecified atom stereocenters. The van der Waals surface area contributed by atoms with Crippen molar-refractivity contribution < 1.29 is 9.53 Å². The van der Waals surface area contributed by atoms with Crippen molar-refractivity contribution in [3.8, 4) is 0 Å². The van der Waals surface area contributed by atoms with Crippen molar-refractivity contribution in [2.24, 2.45) is 5.73 Å². The maximum Gasteiger partial charge on any atom is 0.404 e. The third-order valence-electron chi connectivity index (χ3n) is 0.453. The Balaban J connectivity index is 0. The molecule has 0 aliphatic carbocycles. The largest absolute Gasteiger partial charge is 0.450 e. The Morgan fingerprint density at radius 3 is 1.90 bits per heavy atom. The van der Waals surface area contributed by atoms with Gasteiger partial charge in [0.15, 0.2) is 0 Å². The predicted octanol–water partition coefficient (Wildman–Crippen LogP) is 1.73. The Labute approximate surface area is 69.5 Å². The zero-order valence-corrected chi connectivity index (χ0v) is 8.05. The fraction of sp³-hybridized carbons (Fsp3) is 0.800. The molecule has 5 heteroatoms. The molecule has 0 aromatic heterocycles. The summed E-state index contributed by atoms with van der Waals surface area (Å²) < 4.78 is 4.18. The molecule has 0 atom stereocenters. The molecule has 10 heavy (non-hydrogen) atoms. The van der Waals surface area contributed by atoms with E-state index >= 15 is 0 Å². The van der Waals surface area contributed by atoms with E-state index in [0.29, 0.717) is 6.61 Å². The molecule has 3 nitrogen and oxygen atoms in total. The number of rotatable bonds is 2. The summed E-state index contributed by atoms with van der Waals surface area (Å²) in [6.07, 6.45) is 3.41. The first-order valence-corrected chi connectivity index (χ1v) is 5.64. The summed E-state index contributed by atoms with van der Waals surface area (Å²) in [6.45, 7) is 2.06. The lowest BCUT2D eigenvalue weighted by Gasteiger charge is -1.89. The molecule has 0 rings (SSSR count). The van der Waals surface area contributed by atoms with Crippen molar-refractivity contribution in [3.05, 3.63) is 0 Å². The monoisotopic (exact) mass is 183 g/mol. The lowest BCUT2D eigenvalue weighted by atomic mass is 10.9. The van der Waals surface area contributed by atoms with Gasteiger partial charge >= 0.3 is 6.09 Å². The van der Waals surface area contributed by atoms with E-state index in [1.807, 2.05) is 0 Å². The van der Waals surface area contributed by atoms with Gasteiger partial charge in [-0.05, 0) is 19.4 Å². The first kappa shape index (κ1) is 12.6. The molecule has 0 aromatic rings. The molecule has 0 saturated heterocycles. The SMILES string of the molecule is CCOC(N)=O.CSSC. The number of primary amides is 1. The third kappa shape index (κ3) is 24.6. The van der Waals surface area contributed by atoms with Crippen LogP contribution in [0, 0.1) is 0 Å². The highest BCUT2D eigenvalue weighted by molar-refractivity contribution is 8.76. The second-order valence-corrected chi connectivity index (χ2v) is 3.75. The minimum Gasteiger partial charge on any atom is -0.450 e. The van der Waals surface area contributed by atoms with Crippen molar-refractivity contribution in [1.82, 2.24) is 0 Å². The van der Waals surface area contributed by atoms with Crippen LogP contribution < -0.4 is 5.73 Å². The van der Waals surface area contributed by atoms with E-state index in [1.54, 1.807) is 28.5 Å². The summed E-state index contributed by atoms with van der Waals surface area (Å²) in [5.41, 5.74) is 4.54. The third-order valence-corrected chi connectivity index (χ3v) is 1.79. The van der Waals surface area contributed by atoms with Gasteiger partial charge in [0.1, 0.15) is 0 Å². The van der Waals surface area contributed by atoms with E-state index in [0.717, 1.165) is 0 Å². The number of hydrogen-bond acceptors (Lipinski definition) is 4. The van der Waals surface area contributed by atoms with Crippen LogP contribution in [-0.2, 0) is 4.74 Å². The average molecular weight is 183 g/mol. The van der Waals surface area contributed by atoms with Gasteiger partial charge in [-0.15, -0.1) is 0 Å². The number of amides is 1. The van der Waals surface area contributed by atoms with E-state index in [1.165, 1.54) is 0 Å². The second kappa shape index (κ2) is 11.7. The predicted molar refractivity (Wildman–Crippen MR) is 48.2 cm³/mol. The second-order valence-electron chi connectivity index (χ2n) is 1.09. The number of nitrogens with two attached hydrogens (primary N) is 1. The topological polar surface area (TPSA) is 52.3 Å². The fourth-order valence-corrected chi connectivity index (χ4v) is 0.142. The fourth-order valence-electron chi connectivity index (χ4n) is 0.142. The molecule has 2 N–H and O–H groups in total. The maximum absolute atomic E-state index is 9.60. The van der Waals surface area contributed by atoms with E-state index in [9.17, 15) is 4.79 Å². The Bertz CT molecular complexity index is 78.0. The molecule has 0 aliphatic heterocycles.